The average Bonchev–Trinajstić information content (AvgIpc) is 3.23. The van der Waals surface area contributed by atoms with Crippen LogP contribution >= 0.6 is 11.3 Å². The summed E-state index contributed by atoms with van der Waals surface area (Å²) in [5.41, 5.74) is 8.22. The molecule has 6 nitrogen and oxygen atoms in total. The number of nitrogens with zero attached hydrogens (tertiary/aromatic N) is 1. The fourth-order valence-electron chi connectivity index (χ4n) is 3.45. The van der Waals surface area contributed by atoms with Gasteiger partial charge < -0.3 is 19.9 Å². The quantitative estimate of drug-likeness (QED) is 0.281. The molecule has 4 aromatic rings. The maximum absolute atomic E-state index is 13.9. The smallest absolute Gasteiger partial charge is 0.341 e. The van der Waals surface area contributed by atoms with E-state index in [9.17, 15) is 13.6 Å². The Balaban J connectivity index is 0.00000342. The van der Waals surface area contributed by atoms with E-state index < -0.39 is 17.6 Å². The Morgan fingerprint density at radius 2 is 1.74 bits per heavy atom. The van der Waals surface area contributed by atoms with Crippen molar-refractivity contribution < 1.29 is 27.8 Å². The van der Waals surface area contributed by atoms with Gasteiger partial charge in [-0.25, -0.2) is 18.6 Å². The molecule has 2 aromatic heterocycles. The molecule has 35 heavy (non-hydrogen) atoms. The number of ether oxygens (including phenoxy) is 3. The highest BCUT2D eigenvalue weighted by Gasteiger charge is 2.18. The molecule has 184 valence electrons. The van der Waals surface area contributed by atoms with E-state index in [0.29, 0.717) is 33.0 Å². The molecule has 0 radical (unpaired) electrons. The second-order valence-corrected chi connectivity index (χ2v) is 8.42. The predicted octanol–water partition coefficient (Wildman–Crippen LogP) is 6.44. The van der Waals surface area contributed by atoms with Crippen molar-refractivity contribution in [3.05, 3.63) is 81.9 Å². The molecule has 2 aromatic carbocycles. The Morgan fingerprint density at radius 1 is 1.06 bits per heavy atom. The number of carbonyl (C=O) groups is 1. The third-order valence-corrected chi connectivity index (χ3v) is 6.08. The first-order chi connectivity index (χ1) is 16.4. The van der Waals surface area contributed by atoms with Crippen LogP contribution in [0.25, 0.3) is 10.1 Å². The summed E-state index contributed by atoms with van der Waals surface area (Å²) in [5.74, 6) is -0.237. The van der Waals surface area contributed by atoms with E-state index >= 15 is 0 Å². The van der Waals surface area contributed by atoms with E-state index in [0.717, 1.165) is 29.3 Å². The predicted molar refractivity (Wildman–Crippen MR) is 133 cm³/mol. The molecule has 2 heterocycles. The number of hydrogen-bond donors (Lipinski definition) is 1. The van der Waals surface area contributed by atoms with Crippen LogP contribution in [-0.4, -0.2) is 17.6 Å². The highest BCUT2D eigenvalue weighted by molar-refractivity contribution is 7.17. The molecule has 0 aliphatic carbocycles. The normalized spacial score (nSPS) is 10.6. The Labute approximate surface area is 206 Å². The fraction of sp³-hybridized carbons (Fsp3) is 0.231. The van der Waals surface area contributed by atoms with Crippen LogP contribution in [0.5, 0.6) is 11.5 Å². The van der Waals surface area contributed by atoms with Crippen LogP contribution in [0, 0.1) is 18.6 Å². The van der Waals surface area contributed by atoms with Gasteiger partial charge in [-0.3, -0.25) is 0 Å². The number of pyridine rings is 1. The second-order valence-electron chi connectivity index (χ2n) is 7.54. The first-order valence-corrected chi connectivity index (χ1v) is 11.4. The molecular formula is C26H26F2N2O4S. The minimum Gasteiger partial charge on any atom is -0.489 e. The molecule has 0 atom stereocenters. The Hall–Kier alpha value is -3.72. The highest BCUT2D eigenvalue weighted by Crippen LogP contribution is 2.34. The van der Waals surface area contributed by atoms with Crippen LogP contribution in [0.3, 0.4) is 0 Å². The molecule has 0 aliphatic rings. The van der Waals surface area contributed by atoms with E-state index in [1.165, 1.54) is 17.5 Å². The SMILES string of the molecule is C.CCOC(=O)c1cnc(N)c2c(COc3cc(C)cc(OCc4cc(F)ccc4F)c3)csc12. The lowest BCUT2D eigenvalue weighted by atomic mass is 10.1. The summed E-state index contributed by atoms with van der Waals surface area (Å²) in [6.45, 7) is 3.92. The van der Waals surface area contributed by atoms with Gasteiger partial charge in [0.15, 0.2) is 0 Å². The molecule has 0 fully saturated rings. The number of carbonyl (C=O) groups excluding carboxylic acids is 1. The van der Waals surface area contributed by atoms with Gasteiger partial charge in [0.2, 0.25) is 0 Å². The van der Waals surface area contributed by atoms with Crippen LogP contribution in [0.4, 0.5) is 14.6 Å². The number of fused-ring (bicyclic) bond motifs is 1. The summed E-state index contributed by atoms with van der Waals surface area (Å²) >= 11 is 1.37. The number of aromatic nitrogens is 1. The third-order valence-electron chi connectivity index (χ3n) is 5.02. The lowest BCUT2D eigenvalue weighted by Gasteiger charge is -2.12. The van der Waals surface area contributed by atoms with Gasteiger partial charge in [-0.05, 0) is 55.1 Å². The van der Waals surface area contributed by atoms with Crippen molar-refractivity contribution in [3.8, 4) is 11.5 Å². The van der Waals surface area contributed by atoms with Gasteiger partial charge in [0, 0.05) is 28.8 Å². The molecule has 0 saturated carbocycles. The zero-order valence-electron chi connectivity index (χ0n) is 18.6. The number of esters is 1. The molecule has 0 bridgehead atoms. The van der Waals surface area contributed by atoms with Crippen LogP contribution in [0.15, 0.2) is 48.0 Å². The summed E-state index contributed by atoms with van der Waals surface area (Å²) in [6.07, 6.45) is 1.42. The van der Waals surface area contributed by atoms with Gasteiger partial charge >= 0.3 is 5.97 Å². The first kappa shape index (κ1) is 25.9. The molecule has 0 amide bonds. The van der Waals surface area contributed by atoms with Gasteiger partial charge in [-0.15, -0.1) is 11.3 Å². The largest absolute Gasteiger partial charge is 0.489 e. The number of benzene rings is 2. The number of nitrogens with two attached hydrogens (primary N) is 1. The van der Waals surface area contributed by atoms with Gasteiger partial charge in [0.25, 0.3) is 0 Å². The number of halogens is 2. The lowest BCUT2D eigenvalue weighted by Crippen LogP contribution is -2.07. The van der Waals surface area contributed by atoms with Crippen molar-refractivity contribution >= 4 is 33.2 Å². The van der Waals surface area contributed by atoms with E-state index in [2.05, 4.69) is 4.98 Å². The number of hydrogen-bond acceptors (Lipinski definition) is 7. The lowest BCUT2D eigenvalue weighted by molar-refractivity contribution is 0.0528. The summed E-state index contributed by atoms with van der Waals surface area (Å²) in [5, 5.41) is 2.52. The van der Waals surface area contributed by atoms with Gasteiger partial charge in [0.1, 0.15) is 42.2 Å². The molecule has 4 rings (SSSR count). The van der Waals surface area contributed by atoms with E-state index in [1.54, 1.807) is 19.1 Å². The third kappa shape index (κ3) is 5.86. The van der Waals surface area contributed by atoms with Gasteiger partial charge in [0.05, 0.1) is 16.9 Å². The fourth-order valence-corrected chi connectivity index (χ4v) is 4.51. The van der Waals surface area contributed by atoms with E-state index in [1.807, 2.05) is 18.4 Å². The van der Waals surface area contributed by atoms with E-state index in [4.69, 9.17) is 19.9 Å². The standard InChI is InChI=1S/C25H22F2N2O4S.CH4/c1-3-31-25(30)20-10-29-24(28)22-16(13-34-23(20)22)12-33-19-7-14(2)6-18(9-19)32-11-15-8-17(26)4-5-21(15)27;/h4-10,13H,3,11-12H2,1-2H3,(H2,28,29);1H4. The summed E-state index contributed by atoms with van der Waals surface area (Å²) in [6, 6.07) is 8.51. The van der Waals surface area contributed by atoms with Crippen molar-refractivity contribution in [1.82, 2.24) is 4.98 Å². The van der Waals surface area contributed by atoms with Crippen molar-refractivity contribution in [2.24, 2.45) is 0 Å². The molecule has 0 unspecified atom stereocenters. The Kier molecular flexibility index (Phi) is 8.24. The number of anilines is 1. The molecular weight excluding hydrogens is 474 g/mol. The van der Waals surface area contributed by atoms with Crippen LogP contribution in [0.1, 0.15) is 41.4 Å². The Morgan fingerprint density at radius 3 is 2.43 bits per heavy atom. The van der Waals surface area contributed by atoms with Crippen LogP contribution in [0.2, 0.25) is 0 Å². The number of thiophene rings is 1. The maximum atomic E-state index is 13.9. The highest BCUT2D eigenvalue weighted by atomic mass is 32.1. The number of aryl methyl sites for hydroxylation is 1. The van der Waals surface area contributed by atoms with Crippen LogP contribution in [-0.2, 0) is 18.0 Å². The zero-order chi connectivity index (χ0) is 24.2. The minimum atomic E-state index is -0.539. The topological polar surface area (TPSA) is 83.7 Å². The molecule has 9 heteroatoms. The first-order valence-electron chi connectivity index (χ1n) is 10.5. The van der Waals surface area contributed by atoms with Crippen molar-refractivity contribution in [1.29, 1.82) is 0 Å². The molecule has 2 N–H and O–H groups in total. The van der Waals surface area contributed by atoms with Crippen molar-refractivity contribution in [2.75, 3.05) is 12.3 Å². The van der Waals surface area contributed by atoms with Gasteiger partial charge in [-0.1, -0.05) is 7.43 Å². The van der Waals surface area contributed by atoms with Crippen molar-refractivity contribution in [3.63, 3.8) is 0 Å². The summed E-state index contributed by atoms with van der Waals surface area (Å²) in [4.78, 5) is 16.4. The van der Waals surface area contributed by atoms with E-state index in [-0.39, 0.29) is 32.8 Å². The maximum Gasteiger partial charge on any atom is 0.341 e. The average molecular weight is 501 g/mol. The summed E-state index contributed by atoms with van der Waals surface area (Å²) in [7, 11) is 0. The number of rotatable bonds is 8. The zero-order valence-corrected chi connectivity index (χ0v) is 19.4. The molecule has 0 spiro atoms. The summed E-state index contributed by atoms with van der Waals surface area (Å²) < 4.78 is 44.7. The monoisotopic (exact) mass is 500 g/mol. The molecule has 0 aliphatic heterocycles. The van der Waals surface area contributed by atoms with Gasteiger partial charge in [-0.2, -0.15) is 0 Å². The minimum absolute atomic E-state index is 0. The Bertz CT molecular complexity index is 1360. The second kappa shape index (κ2) is 11.1. The van der Waals surface area contributed by atoms with Crippen LogP contribution < -0.4 is 15.2 Å². The van der Waals surface area contributed by atoms with Crippen molar-refractivity contribution in [2.45, 2.75) is 34.5 Å². The number of nitrogen functional groups attached to an aromatic ring is 1. The molecule has 0 saturated heterocycles.